The van der Waals surface area contributed by atoms with Crippen molar-refractivity contribution in [2.24, 2.45) is 7.05 Å². The van der Waals surface area contributed by atoms with Gasteiger partial charge in [-0.3, -0.25) is 9.69 Å². The van der Waals surface area contributed by atoms with E-state index in [-0.39, 0.29) is 24.0 Å². The number of rotatable bonds is 4. The van der Waals surface area contributed by atoms with Gasteiger partial charge in [0.2, 0.25) is 5.91 Å². The third kappa shape index (κ3) is 3.78. The SMILES string of the molecule is COc1ccc2c3c(n(C)c2c1)[C@@H](CO)N(C(C)=O)CC31CCN(Cc2ccc(Cl)cc2)CC1. The molecule has 2 aliphatic heterocycles. The van der Waals surface area contributed by atoms with Crippen molar-refractivity contribution in [3.05, 3.63) is 64.3 Å². The van der Waals surface area contributed by atoms with Gasteiger partial charge in [0.1, 0.15) is 5.75 Å². The Hall–Kier alpha value is -2.54. The van der Waals surface area contributed by atoms with Crippen LogP contribution in [0.2, 0.25) is 5.02 Å². The van der Waals surface area contributed by atoms with E-state index in [2.05, 4.69) is 33.7 Å². The van der Waals surface area contributed by atoms with Gasteiger partial charge in [0.05, 0.1) is 25.3 Å². The Balaban J connectivity index is 1.55. The first-order valence-corrected chi connectivity index (χ1v) is 12.3. The van der Waals surface area contributed by atoms with Gasteiger partial charge in [0, 0.05) is 54.6 Å². The Morgan fingerprint density at radius 1 is 1.18 bits per heavy atom. The van der Waals surface area contributed by atoms with E-state index in [0.717, 1.165) is 54.5 Å². The number of methoxy groups -OCH3 is 1. The van der Waals surface area contributed by atoms with Gasteiger partial charge in [-0.2, -0.15) is 0 Å². The molecule has 1 saturated heterocycles. The Morgan fingerprint density at radius 3 is 2.50 bits per heavy atom. The molecule has 0 unspecified atom stereocenters. The van der Waals surface area contributed by atoms with Crippen LogP contribution < -0.4 is 4.74 Å². The highest BCUT2D eigenvalue weighted by atomic mass is 35.5. The monoisotopic (exact) mass is 481 g/mol. The molecule has 1 aromatic heterocycles. The normalized spacial score (nSPS) is 20.0. The average Bonchev–Trinajstić information content (AvgIpc) is 3.14. The van der Waals surface area contributed by atoms with Gasteiger partial charge < -0.3 is 19.3 Å². The molecule has 0 aliphatic carbocycles. The summed E-state index contributed by atoms with van der Waals surface area (Å²) in [6, 6.07) is 13.9. The predicted octanol–water partition coefficient (Wildman–Crippen LogP) is 4.27. The fourth-order valence-electron chi connectivity index (χ4n) is 6.08. The average molecular weight is 482 g/mol. The number of benzene rings is 2. The summed E-state index contributed by atoms with van der Waals surface area (Å²) in [6.45, 7) is 4.95. The first kappa shape index (κ1) is 23.2. The molecule has 2 aromatic carbocycles. The van der Waals surface area contributed by atoms with Crippen LogP contribution in [0, 0.1) is 0 Å². The molecule has 0 saturated carbocycles. The molecule has 3 aromatic rings. The molecular formula is C27H32ClN3O3. The lowest BCUT2D eigenvalue weighted by Gasteiger charge is -2.50. The molecule has 6 nitrogen and oxygen atoms in total. The zero-order valence-corrected chi connectivity index (χ0v) is 20.8. The van der Waals surface area contributed by atoms with Crippen LogP contribution in [0.25, 0.3) is 10.9 Å². The number of amides is 1. The van der Waals surface area contributed by atoms with Crippen molar-refractivity contribution in [2.45, 2.75) is 37.8 Å². The topological polar surface area (TPSA) is 57.9 Å². The number of hydrogen-bond donors (Lipinski definition) is 1. The van der Waals surface area contributed by atoms with Crippen molar-refractivity contribution in [2.75, 3.05) is 33.4 Å². The number of aromatic nitrogens is 1. The summed E-state index contributed by atoms with van der Waals surface area (Å²) < 4.78 is 7.65. The van der Waals surface area contributed by atoms with E-state index in [9.17, 15) is 9.90 Å². The largest absolute Gasteiger partial charge is 0.497 e. The van der Waals surface area contributed by atoms with Gasteiger partial charge in [-0.1, -0.05) is 23.7 Å². The van der Waals surface area contributed by atoms with Gasteiger partial charge in [-0.05, 0) is 61.3 Å². The molecule has 1 atom stereocenters. The summed E-state index contributed by atoms with van der Waals surface area (Å²) >= 11 is 6.06. The Kier molecular flexibility index (Phi) is 6.09. The van der Waals surface area contributed by atoms with Crippen molar-refractivity contribution in [3.8, 4) is 5.75 Å². The molecule has 2 aliphatic rings. The molecule has 7 heteroatoms. The number of carbonyl (C=O) groups is 1. The second kappa shape index (κ2) is 8.91. The summed E-state index contributed by atoms with van der Waals surface area (Å²) in [6.07, 6.45) is 1.92. The summed E-state index contributed by atoms with van der Waals surface area (Å²) in [7, 11) is 3.71. The number of fused-ring (bicyclic) bond motifs is 4. The molecule has 1 fully saturated rings. The van der Waals surface area contributed by atoms with Crippen molar-refractivity contribution >= 4 is 28.4 Å². The van der Waals surface area contributed by atoms with Gasteiger partial charge in [0.25, 0.3) is 0 Å². The maximum atomic E-state index is 12.7. The molecule has 180 valence electrons. The van der Waals surface area contributed by atoms with E-state index in [1.54, 1.807) is 14.0 Å². The zero-order chi connectivity index (χ0) is 24.0. The highest BCUT2D eigenvalue weighted by Gasteiger charge is 2.48. The lowest BCUT2D eigenvalue weighted by atomic mass is 9.68. The number of piperidine rings is 1. The van der Waals surface area contributed by atoms with Crippen molar-refractivity contribution in [1.82, 2.24) is 14.4 Å². The maximum Gasteiger partial charge on any atom is 0.220 e. The second-order valence-electron chi connectivity index (χ2n) is 9.73. The summed E-state index contributed by atoms with van der Waals surface area (Å²) in [5, 5.41) is 12.3. The molecule has 1 spiro atoms. The van der Waals surface area contributed by atoms with Gasteiger partial charge >= 0.3 is 0 Å². The highest BCUT2D eigenvalue weighted by Crippen LogP contribution is 2.50. The van der Waals surface area contributed by atoms with Crippen molar-refractivity contribution in [1.29, 1.82) is 0 Å². The Morgan fingerprint density at radius 2 is 1.88 bits per heavy atom. The van der Waals surface area contributed by atoms with E-state index in [4.69, 9.17) is 16.3 Å². The maximum absolute atomic E-state index is 12.7. The molecule has 34 heavy (non-hydrogen) atoms. The van der Waals surface area contributed by atoms with Crippen LogP contribution in [0.1, 0.15) is 42.6 Å². The number of aliphatic hydroxyl groups is 1. The minimum absolute atomic E-state index is 0.00973. The second-order valence-corrected chi connectivity index (χ2v) is 10.2. The number of aryl methyl sites for hydroxylation is 1. The number of carbonyl (C=O) groups excluding carboxylic acids is 1. The van der Waals surface area contributed by atoms with Crippen LogP contribution in [0.5, 0.6) is 5.75 Å². The third-order valence-corrected chi connectivity index (χ3v) is 8.11. The predicted molar refractivity (Wildman–Crippen MR) is 134 cm³/mol. The van der Waals surface area contributed by atoms with Crippen molar-refractivity contribution < 1.29 is 14.6 Å². The van der Waals surface area contributed by atoms with Crippen LogP contribution in [0.4, 0.5) is 0 Å². The van der Waals surface area contributed by atoms with Crippen LogP contribution in [-0.4, -0.2) is 58.7 Å². The quantitative estimate of drug-likeness (QED) is 0.604. The van der Waals surface area contributed by atoms with Crippen LogP contribution in [0.3, 0.4) is 0 Å². The van der Waals surface area contributed by atoms with Gasteiger partial charge in [-0.15, -0.1) is 0 Å². The first-order chi connectivity index (χ1) is 16.4. The molecule has 1 amide bonds. The standard InChI is InChI=1S/C27H32ClN3O3/c1-18(33)31-17-27(10-12-30(13-11-27)15-19-4-6-20(28)7-5-19)25-22-9-8-21(34-3)14-23(22)29(2)26(25)24(31)16-32/h4-9,14,24,32H,10-13,15-17H2,1-3H3/t24-/m1/s1. The lowest BCUT2D eigenvalue weighted by molar-refractivity contribution is -0.135. The van der Waals surface area contributed by atoms with E-state index >= 15 is 0 Å². The highest BCUT2D eigenvalue weighted by molar-refractivity contribution is 6.30. The summed E-state index contributed by atoms with van der Waals surface area (Å²) in [5.74, 6) is 0.816. The number of ether oxygens (including phenoxy) is 1. The minimum Gasteiger partial charge on any atom is -0.497 e. The number of nitrogens with zero attached hydrogens (tertiary/aromatic N) is 3. The van der Waals surface area contributed by atoms with E-state index in [1.165, 1.54) is 16.5 Å². The molecule has 0 bridgehead atoms. The van der Waals surface area contributed by atoms with Crippen LogP contribution in [0.15, 0.2) is 42.5 Å². The molecule has 3 heterocycles. The zero-order valence-electron chi connectivity index (χ0n) is 20.1. The van der Waals surface area contributed by atoms with Crippen LogP contribution in [-0.2, 0) is 23.8 Å². The third-order valence-electron chi connectivity index (χ3n) is 7.86. The van der Waals surface area contributed by atoms with Crippen LogP contribution >= 0.6 is 11.6 Å². The number of halogens is 1. The smallest absolute Gasteiger partial charge is 0.220 e. The Labute approximate surface area is 205 Å². The fraction of sp³-hybridized carbons (Fsp3) is 0.444. The first-order valence-electron chi connectivity index (χ1n) is 11.9. The molecule has 1 N–H and O–H groups in total. The van der Waals surface area contributed by atoms with E-state index < -0.39 is 0 Å². The molecule has 5 rings (SSSR count). The summed E-state index contributed by atoms with van der Waals surface area (Å²) in [4.78, 5) is 17.1. The van der Waals surface area contributed by atoms with E-state index in [0.29, 0.717) is 6.54 Å². The van der Waals surface area contributed by atoms with E-state index in [1.807, 2.05) is 30.1 Å². The van der Waals surface area contributed by atoms with Crippen molar-refractivity contribution in [3.63, 3.8) is 0 Å². The lowest BCUT2D eigenvalue weighted by Crippen LogP contribution is -2.55. The molecule has 0 radical (unpaired) electrons. The number of hydrogen-bond acceptors (Lipinski definition) is 4. The van der Waals surface area contributed by atoms with Gasteiger partial charge in [0.15, 0.2) is 0 Å². The fourth-order valence-corrected chi connectivity index (χ4v) is 6.21. The number of likely N-dealkylation sites (tertiary alicyclic amines) is 1. The molecular weight excluding hydrogens is 450 g/mol. The van der Waals surface area contributed by atoms with Gasteiger partial charge in [-0.25, -0.2) is 0 Å². The minimum atomic E-state index is -0.339. The Bertz CT molecular complexity index is 1210. The summed E-state index contributed by atoms with van der Waals surface area (Å²) in [5.41, 5.74) is 4.55. The number of aliphatic hydroxyl groups excluding tert-OH is 1.